The summed E-state index contributed by atoms with van der Waals surface area (Å²) in [6, 6.07) is 8.15. The van der Waals surface area contributed by atoms with Crippen LogP contribution in [0.5, 0.6) is 5.75 Å². The van der Waals surface area contributed by atoms with Crippen LogP contribution in [0.3, 0.4) is 0 Å². The molecule has 102 valence electrons. The Morgan fingerprint density at radius 2 is 2.32 bits per heavy atom. The minimum absolute atomic E-state index is 0.729. The average molecular weight is 261 g/mol. The zero-order valence-electron chi connectivity index (χ0n) is 11.1. The van der Waals surface area contributed by atoms with E-state index in [1.807, 2.05) is 12.1 Å². The van der Waals surface area contributed by atoms with Gasteiger partial charge in [0.15, 0.2) is 5.82 Å². The van der Waals surface area contributed by atoms with Crippen molar-refractivity contribution in [2.24, 2.45) is 0 Å². The molecule has 0 unspecified atom stereocenters. The van der Waals surface area contributed by atoms with Crippen molar-refractivity contribution in [1.29, 1.82) is 0 Å². The van der Waals surface area contributed by atoms with Gasteiger partial charge < -0.3 is 14.6 Å². The Labute approximate surface area is 113 Å². The molecule has 2 rings (SSSR count). The van der Waals surface area contributed by atoms with Crippen LogP contribution in [0, 0.1) is 0 Å². The Kier molecular flexibility index (Phi) is 5.37. The van der Waals surface area contributed by atoms with E-state index in [0.717, 1.165) is 44.1 Å². The van der Waals surface area contributed by atoms with Gasteiger partial charge in [-0.05, 0) is 24.1 Å². The van der Waals surface area contributed by atoms with Crippen molar-refractivity contribution in [1.82, 2.24) is 15.5 Å². The molecule has 0 radical (unpaired) electrons. The molecule has 0 spiro atoms. The van der Waals surface area contributed by atoms with Crippen LogP contribution >= 0.6 is 0 Å². The normalized spacial score (nSPS) is 10.6. The molecule has 1 heterocycles. The zero-order chi connectivity index (χ0) is 13.3. The smallest absolute Gasteiger partial charge is 0.213 e. The van der Waals surface area contributed by atoms with E-state index in [0.29, 0.717) is 0 Å². The average Bonchev–Trinajstić information content (AvgIpc) is 2.95. The molecule has 0 aliphatic rings. The van der Waals surface area contributed by atoms with E-state index in [4.69, 9.17) is 4.74 Å². The van der Waals surface area contributed by atoms with E-state index in [-0.39, 0.29) is 0 Å². The van der Waals surface area contributed by atoms with E-state index >= 15 is 0 Å². The number of aromatic nitrogens is 2. The molecule has 1 aromatic carbocycles. The minimum atomic E-state index is 0.729. The number of nitrogens with one attached hydrogen (secondary N) is 1. The third-order valence-corrected chi connectivity index (χ3v) is 2.63. The van der Waals surface area contributed by atoms with Gasteiger partial charge >= 0.3 is 0 Å². The summed E-state index contributed by atoms with van der Waals surface area (Å²) in [6.07, 6.45) is 3.14. The summed E-state index contributed by atoms with van der Waals surface area (Å²) >= 11 is 0. The van der Waals surface area contributed by atoms with Gasteiger partial charge in [0.25, 0.3) is 0 Å². The summed E-state index contributed by atoms with van der Waals surface area (Å²) in [5.41, 5.74) is 1.21. The van der Waals surface area contributed by atoms with Crippen molar-refractivity contribution >= 4 is 0 Å². The molecule has 2 aromatic rings. The van der Waals surface area contributed by atoms with Crippen molar-refractivity contribution < 1.29 is 9.26 Å². The summed E-state index contributed by atoms with van der Waals surface area (Å²) in [6.45, 7) is 4.48. The van der Waals surface area contributed by atoms with Crippen molar-refractivity contribution in [2.75, 3.05) is 13.2 Å². The predicted molar refractivity (Wildman–Crippen MR) is 71.9 cm³/mol. The first-order chi connectivity index (χ1) is 9.38. The summed E-state index contributed by atoms with van der Waals surface area (Å²) in [7, 11) is 0. The van der Waals surface area contributed by atoms with Crippen LogP contribution in [0.1, 0.15) is 24.7 Å². The van der Waals surface area contributed by atoms with Gasteiger partial charge in [-0.3, -0.25) is 0 Å². The van der Waals surface area contributed by atoms with Crippen LogP contribution in [0.25, 0.3) is 0 Å². The third-order valence-electron chi connectivity index (χ3n) is 2.63. The van der Waals surface area contributed by atoms with E-state index in [1.54, 1.807) is 0 Å². The monoisotopic (exact) mass is 261 g/mol. The molecular weight excluding hydrogens is 242 g/mol. The highest BCUT2D eigenvalue weighted by Crippen LogP contribution is 2.13. The van der Waals surface area contributed by atoms with E-state index in [2.05, 4.69) is 39.0 Å². The Bertz CT molecular complexity index is 471. The Hall–Kier alpha value is -1.88. The maximum Gasteiger partial charge on any atom is 0.213 e. The first kappa shape index (κ1) is 13.5. The molecule has 5 heteroatoms. The molecular formula is C14H19N3O2. The van der Waals surface area contributed by atoms with Gasteiger partial charge in [-0.2, -0.15) is 4.98 Å². The van der Waals surface area contributed by atoms with Gasteiger partial charge in [-0.25, -0.2) is 0 Å². The molecule has 19 heavy (non-hydrogen) atoms. The van der Waals surface area contributed by atoms with Crippen LogP contribution in [0.4, 0.5) is 0 Å². The topological polar surface area (TPSA) is 60.2 Å². The van der Waals surface area contributed by atoms with Crippen LogP contribution in [0.2, 0.25) is 0 Å². The quantitative estimate of drug-likeness (QED) is 0.738. The van der Waals surface area contributed by atoms with Gasteiger partial charge in [-0.1, -0.05) is 24.2 Å². The molecule has 0 amide bonds. The number of ether oxygens (including phenoxy) is 1. The van der Waals surface area contributed by atoms with Crippen LogP contribution in [0.15, 0.2) is 35.2 Å². The Morgan fingerprint density at radius 1 is 1.37 bits per heavy atom. The number of hydrogen-bond acceptors (Lipinski definition) is 5. The SMILES string of the molecule is CCCOc1cccc(CNCCc2ncon2)c1. The second-order valence-corrected chi connectivity index (χ2v) is 4.27. The van der Waals surface area contributed by atoms with Gasteiger partial charge in [0, 0.05) is 19.5 Å². The predicted octanol–water partition coefficient (Wildman–Crippen LogP) is 2.19. The maximum absolute atomic E-state index is 5.60. The molecule has 0 aliphatic carbocycles. The molecule has 0 saturated carbocycles. The fourth-order valence-corrected chi connectivity index (χ4v) is 1.70. The van der Waals surface area contributed by atoms with Crippen LogP contribution < -0.4 is 10.1 Å². The first-order valence-electron chi connectivity index (χ1n) is 6.56. The molecule has 0 fully saturated rings. The van der Waals surface area contributed by atoms with Gasteiger partial charge in [0.2, 0.25) is 6.39 Å². The lowest BCUT2D eigenvalue weighted by molar-refractivity contribution is 0.317. The van der Waals surface area contributed by atoms with Gasteiger partial charge in [0.05, 0.1) is 6.61 Å². The second-order valence-electron chi connectivity index (χ2n) is 4.27. The van der Waals surface area contributed by atoms with E-state index < -0.39 is 0 Å². The van der Waals surface area contributed by atoms with Gasteiger partial charge in [-0.15, -0.1) is 0 Å². The van der Waals surface area contributed by atoms with Crippen molar-refractivity contribution in [3.63, 3.8) is 0 Å². The van der Waals surface area contributed by atoms with E-state index in [9.17, 15) is 0 Å². The van der Waals surface area contributed by atoms with Crippen molar-refractivity contribution in [3.8, 4) is 5.75 Å². The number of nitrogens with zero attached hydrogens (tertiary/aromatic N) is 2. The lowest BCUT2D eigenvalue weighted by Gasteiger charge is -2.07. The summed E-state index contributed by atoms with van der Waals surface area (Å²) in [5, 5.41) is 7.11. The molecule has 0 atom stereocenters. The maximum atomic E-state index is 5.60. The molecule has 1 N–H and O–H groups in total. The summed E-state index contributed by atoms with van der Waals surface area (Å²) in [5.74, 6) is 1.66. The number of hydrogen-bond donors (Lipinski definition) is 1. The number of rotatable bonds is 8. The molecule has 0 bridgehead atoms. The zero-order valence-corrected chi connectivity index (χ0v) is 11.1. The lowest BCUT2D eigenvalue weighted by atomic mass is 10.2. The molecule has 0 aliphatic heterocycles. The van der Waals surface area contributed by atoms with Crippen LogP contribution in [-0.4, -0.2) is 23.3 Å². The number of benzene rings is 1. The first-order valence-corrected chi connectivity index (χ1v) is 6.56. The lowest BCUT2D eigenvalue weighted by Crippen LogP contribution is -2.17. The Balaban J connectivity index is 1.73. The molecule has 0 saturated heterocycles. The second kappa shape index (κ2) is 7.53. The van der Waals surface area contributed by atoms with Crippen molar-refractivity contribution in [2.45, 2.75) is 26.3 Å². The third kappa shape index (κ3) is 4.71. The summed E-state index contributed by atoms with van der Waals surface area (Å²) < 4.78 is 10.3. The van der Waals surface area contributed by atoms with E-state index in [1.165, 1.54) is 12.0 Å². The Morgan fingerprint density at radius 3 is 3.11 bits per heavy atom. The highest BCUT2D eigenvalue weighted by Gasteiger charge is 1.99. The largest absolute Gasteiger partial charge is 0.494 e. The highest BCUT2D eigenvalue weighted by atomic mass is 16.5. The fraction of sp³-hybridized carbons (Fsp3) is 0.429. The molecule has 1 aromatic heterocycles. The molecule has 5 nitrogen and oxygen atoms in total. The van der Waals surface area contributed by atoms with Crippen LogP contribution in [-0.2, 0) is 13.0 Å². The summed E-state index contributed by atoms with van der Waals surface area (Å²) in [4.78, 5) is 3.97. The van der Waals surface area contributed by atoms with Crippen molar-refractivity contribution in [3.05, 3.63) is 42.0 Å². The standard InChI is InChI=1S/C14H19N3O2/c1-2-8-18-13-5-3-4-12(9-13)10-15-7-6-14-16-11-19-17-14/h3-5,9,11,15H,2,6-8,10H2,1H3. The minimum Gasteiger partial charge on any atom is -0.494 e. The fourth-order valence-electron chi connectivity index (χ4n) is 1.70. The highest BCUT2D eigenvalue weighted by molar-refractivity contribution is 5.28. The van der Waals surface area contributed by atoms with Gasteiger partial charge in [0.1, 0.15) is 5.75 Å².